The van der Waals surface area contributed by atoms with Crippen molar-refractivity contribution in [3.63, 3.8) is 0 Å². The Bertz CT molecular complexity index is 1290. The summed E-state index contributed by atoms with van der Waals surface area (Å²) in [7, 11) is -3.84. The van der Waals surface area contributed by atoms with Gasteiger partial charge in [0.15, 0.2) is 0 Å². The summed E-state index contributed by atoms with van der Waals surface area (Å²) in [6, 6.07) is 14.4. The quantitative estimate of drug-likeness (QED) is 0.124. The number of benzene rings is 2. The molecule has 0 saturated heterocycles. The van der Waals surface area contributed by atoms with Crippen LogP contribution in [0.3, 0.4) is 0 Å². The van der Waals surface area contributed by atoms with Crippen LogP contribution >= 0.6 is 11.8 Å². The van der Waals surface area contributed by atoms with Gasteiger partial charge in [-0.2, -0.15) is 0 Å². The van der Waals surface area contributed by atoms with Crippen molar-refractivity contribution in [3.8, 4) is 0 Å². The lowest BCUT2D eigenvalue weighted by atomic mass is 10.1. The third-order valence-corrected chi connectivity index (χ3v) is 10.2. The molecule has 1 heterocycles. The molecule has 2 aromatic carbocycles. The molecular formula is C34H51N3O4S2. The van der Waals surface area contributed by atoms with Gasteiger partial charge < -0.3 is 10.1 Å². The van der Waals surface area contributed by atoms with Crippen molar-refractivity contribution in [2.75, 3.05) is 25.1 Å². The molecule has 0 saturated carbocycles. The second kappa shape index (κ2) is 17.8. The average Bonchev–Trinajstić information content (AvgIpc) is 2.95. The number of hydrogen-bond acceptors (Lipinski definition) is 6. The molecule has 1 N–H and O–H groups in total. The predicted octanol–water partition coefficient (Wildman–Crippen LogP) is 8.97. The molecule has 9 heteroatoms. The maximum absolute atomic E-state index is 13.6. The van der Waals surface area contributed by atoms with E-state index in [1.165, 1.54) is 55.7 Å². The fourth-order valence-electron chi connectivity index (χ4n) is 5.03. The Hall–Kier alpha value is -2.36. The number of aliphatic imine (C=N–C) groups is 1. The standard InChI is InChI=1S/C34H51N3O4S2/c1-5-6-7-8-9-10-11-12-13-18-25-41-26-19-24-37-32(35-29-21-15-17-23-31(29)43(37,39)40)27-33(38)36-28-20-14-16-22-30(28)42-34(2,3)4/h14-17,20-23H,5-13,18-19,24-27H2,1-4H3,(H,36,38). The van der Waals surface area contributed by atoms with Crippen LogP contribution in [0.2, 0.25) is 0 Å². The van der Waals surface area contributed by atoms with Gasteiger partial charge >= 0.3 is 0 Å². The summed E-state index contributed by atoms with van der Waals surface area (Å²) < 4.78 is 34.3. The predicted molar refractivity (Wildman–Crippen MR) is 180 cm³/mol. The van der Waals surface area contributed by atoms with Crippen LogP contribution in [0.1, 0.15) is 105 Å². The van der Waals surface area contributed by atoms with Gasteiger partial charge in [0, 0.05) is 29.4 Å². The van der Waals surface area contributed by atoms with Gasteiger partial charge in [0.2, 0.25) is 5.91 Å². The largest absolute Gasteiger partial charge is 0.381 e. The molecule has 2 aromatic rings. The summed E-state index contributed by atoms with van der Waals surface area (Å²) in [6.45, 7) is 9.95. The van der Waals surface area contributed by atoms with Gasteiger partial charge in [0.1, 0.15) is 10.7 Å². The van der Waals surface area contributed by atoms with Crippen LogP contribution in [0.4, 0.5) is 11.4 Å². The highest BCUT2D eigenvalue weighted by Gasteiger charge is 2.34. The Morgan fingerprint density at radius 3 is 2.16 bits per heavy atom. The van der Waals surface area contributed by atoms with Crippen LogP contribution in [-0.2, 0) is 19.6 Å². The first kappa shape index (κ1) is 35.1. The van der Waals surface area contributed by atoms with Gasteiger partial charge in [-0.1, -0.05) is 110 Å². The summed E-state index contributed by atoms with van der Waals surface area (Å²) in [6.07, 6.45) is 13.1. The van der Waals surface area contributed by atoms with Crippen LogP contribution in [0.25, 0.3) is 0 Å². The van der Waals surface area contributed by atoms with Crippen LogP contribution in [-0.4, -0.2) is 49.0 Å². The number of unbranched alkanes of at least 4 members (excludes halogenated alkanes) is 9. The molecule has 1 aliphatic heterocycles. The van der Waals surface area contributed by atoms with E-state index in [1.54, 1.807) is 36.0 Å². The average molecular weight is 630 g/mol. The number of thioether (sulfide) groups is 1. The molecule has 43 heavy (non-hydrogen) atoms. The van der Waals surface area contributed by atoms with E-state index in [0.29, 0.717) is 31.0 Å². The van der Waals surface area contributed by atoms with E-state index in [1.807, 2.05) is 24.3 Å². The van der Waals surface area contributed by atoms with Crippen molar-refractivity contribution < 1.29 is 17.9 Å². The summed E-state index contributed by atoms with van der Waals surface area (Å²) in [4.78, 5) is 19.0. The van der Waals surface area contributed by atoms with Crippen molar-refractivity contribution in [2.24, 2.45) is 4.99 Å². The molecule has 0 fully saturated rings. The first-order valence-electron chi connectivity index (χ1n) is 16.0. The SMILES string of the molecule is CCCCCCCCCCCCOCCCN1C(CC(=O)Nc2ccccc2SC(C)(C)C)=Nc2ccccc2S1(=O)=O. The summed E-state index contributed by atoms with van der Waals surface area (Å²) in [5.41, 5.74) is 1.07. The molecular weight excluding hydrogens is 579 g/mol. The number of para-hydroxylation sites is 2. The van der Waals surface area contributed by atoms with Gasteiger partial charge in [-0.25, -0.2) is 13.4 Å². The molecule has 238 valence electrons. The van der Waals surface area contributed by atoms with E-state index in [2.05, 4.69) is 38.0 Å². The minimum Gasteiger partial charge on any atom is -0.381 e. The van der Waals surface area contributed by atoms with Gasteiger partial charge in [-0.15, -0.1) is 11.8 Å². The molecule has 0 radical (unpaired) electrons. The highest BCUT2D eigenvalue weighted by atomic mass is 32.2. The third-order valence-electron chi connectivity index (χ3n) is 7.16. The van der Waals surface area contributed by atoms with Crippen molar-refractivity contribution in [1.82, 2.24) is 4.31 Å². The number of amidine groups is 1. The number of carbonyl (C=O) groups excluding carboxylic acids is 1. The van der Waals surface area contributed by atoms with E-state index in [4.69, 9.17) is 4.74 Å². The van der Waals surface area contributed by atoms with Crippen LogP contribution in [0.5, 0.6) is 0 Å². The number of carbonyl (C=O) groups is 1. The maximum atomic E-state index is 13.6. The maximum Gasteiger partial charge on any atom is 0.267 e. The molecule has 0 unspecified atom stereocenters. The van der Waals surface area contributed by atoms with Crippen LogP contribution in [0.15, 0.2) is 63.3 Å². The van der Waals surface area contributed by atoms with E-state index in [9.17, 15) is 13.2 Å². The fourth-order valence-corrected chi connectivity index (χ4v) is 7.68. The summed E-state index contributed by atoms with van der Waals surface area (Å²) in [5, 5.41) is 2.99. The highest BCUT2D eigenvalue weighted by Crippen LogP contribution is 2.37. The number of anilines is 1. The molecule has 7 nitrogen and oxygen atoms in total. The smallest absolute Gasteiger partial charge is 0.267 e. The zero-order chi connectivity index (χ0) is 31.1. The zero-order valence-electron chi connectivity index (χ0n) is 26.6. The second-order valence-corrected chi connectivity index (χ2v) is 15.9. The van der Waals surface area contributed by atoms with E-state index in [0.717, 1.165) is 17.7 Å². The fraction of sp³-hybridized carbons (Fsp3) is 0.588. The number of rotatable bonds is 19. The number of nitrogens with one attached hydrogen (secondary N) is 1. The minimum absolute atomic E-state index is 0.0293. The molecule has 1 aliphatic rings. The number of hydrogen-bond donors (Lipinski definition) is 1. The molecule has 0 aliphatic carbocycles. The number of amides is 1. The van der Waals surface area contributed by atoms with E-state index < -0.39 is 10.0 Å². The van der Waals surface area contributed by atoms with Gasteiger partial charge in [0.25, 0.3) is 10.0 Å². The molecule has 0 atom stereocenters. The molecule has 0 spiro atoms. The molecule has 0 bridgehead atoms. The van der Waals surface area contributed by atoms with Crippen molar-refractivity contribution >= 4 is 44.9 Å². The van der Waals surface area contributed by atoms with Crippen molar-refractivity contribution in [2.45, 2.75) is 119 Å². The highest BCUT2D eigenvalue weighted by molar-refractivity contribution is 8.00. The third kappa shape index (κ3) is 11.9. The van der Waals surface area contributed by atoms with Gasteiger partial charge in [0.05, 0.1) is 17.8 Å². The number of fused-ring (bicyclic) bond motifs is 1. The zero-order valence-corrected chi connectivity index (χ0v) is 28.2. The Kier molecular flexibility index (Phi) is 14.6. The lowest BCUT2D eigenvalue weighted by Gasteiger charge is -2.29. The Morgan fingerprint density at radius 1 is 0.860 bits per heavy atom. The topological polar surface area (TPSA) is 88.1 Å². The van der Waals surface area contributed by atoms with Crippen LogP contribution < -0.4 is 5.32 Å². The Balaban J connectivity index is 1.51. The summed E-state index contributed by atoms with van der Waals surface area (Å²) in [5.74, 6) is -0.0793. The van der Waals surface area contributed by atoms with Gasteiger partial charge in [-0.3, -0.25) is 9.10 Å². The number of nitrogens with zero attached hydrogens (tertiary/aromatic N) is 2. The lowest BCUT2D eigenvalue weighted by molar-refractivity contribution is -0.115. The normalized spacial score (nSPS) is 14.3. The number of sulfonamides is 1. The monoisotopic (exact) mass is 629 g/mol. The second-order valence-electron chi connectivity index (χ2n) is 12.2. The van der Waals surface area contributed by atoms with Crippen LogP contribution in [0, 0.1) is 0 Å². The first-order valence-corrected chi connectivity index (χ1v) is 18.2. The molecule has 0 aromatic heterocycles. The first-order chi connectivity index (χ1) is 20.6. The lowest BCUT2D eigenvalue weighted by Crippen LogP contribution is -2.41. The Labute approximate surface area is 264 Å². The van der Waals surface area contributed by atoms with Crippen molar-refractivity contribution in [3.05, 3.63) is 48.5 Å². The van der Waals surface area contributed by atoms with E-state index in [-0.39, 0.29) is 34.4 Å². The van der Waals surface area contributed by atoms with E-state index >= 15 is 0 Å². The molecule has 3 rings (SSSR count). The summed E-state index contributed by atoms with van der Waals surface area (Å²) >= 11 is 1.67. The Morgan fingerprint density at radius 2 is 1.47 bits per heavy atom. The van der Waals surface area contributed by atoms with Crippen molar-refractivity contribution in [1.29, 1.82) is 0 Å². The minimum atomic E-state index is -3.84. The molecule has 1 amide bonds. The van der Waals surface area contributed by atoms with Gasteiger partial charge in [-0.05, 0) is 37.1 Å². The number of ether oxygens (including phenoxy) is 1.